The third-order valence-electron chi connectivity index (χ3n) is 2.63. The molecule has 7 heteroatoms. The number of likely N-dealkylation sites (N-methyl/N-ethyl adjacent to an activating group) is 1. The maximum Gasteiger partial charge on any atom is 0.335 e. The number of nitrogens with zero attached hydrogens (tertiary/aromatic N) is 1. The van der Waals surface area contributed by atoms with Crippen molar-refractivity contribution in [2.24, 2.45) is 0 Å². The van der Waals surface area contributed by atoms with Gasteiger partial charge >= 0.3 is 5.97 Å². The molecule has 0 aliphatic rings. The van der Waals surface area contributed by atoms with Gasteiger partial charge in [0.05, 0.1) is 11.6 Å². The molecule has 0 bridgehead atoms. The molecule has 1 unspecified atom stereocenters. The lowest BCUT2D eigenvalue weighted by molar-refractivity contribution is -0.133. The first-order chi connectivity index (χ1) is 9.40. The summed E-state index contributed by atoms with van der Waals surface area (Å²) in [6.07, 6.45) is 1.54. The molecule has 20 heavy (non-hydrogen) atoms. The molecule has 2 N–H and O–H groups in total. The van der Waals surface area contributed by atoms with Crippen molar-refractivity contribution in [1.82, 2.24) is 10.2 Å². The molecular weight excluding hydrogens is 270 g/mol. The van der Waals surface area contributed by atoms with Gasteiger partial charge in [0.1, 0.15) is 0 Å². The van der Waals surface area contributed by atoms with Crippen molar-refractivity contribution in [3.05, 3.63) is 47.2 Å². The highest BCUT2D eigenvalue weighted by atomic mass is 19.2. The molecule has 0 radical (unpaired) electrons. The second-order valence-electron chi connectivity index (χ2n) is 4.06. The molecule has 1 amide bonds. The van der Waals surface area contributed by atoms with Crippen LogP contribution in [0.5, 0.6) is 0 Å². The number of carbonyl (C=O) groups excluding carboxylic acids is 1. The number of hydrogen-bond acceptors (Lipinski definition) is 3. The Balaban J connectivity index is 3.26. The highest BCUT2D eigenvalue weighted by Gasteiger charge is 2.22. The van der Waals surface area contributed by atoms with Gasteiger partial charge in [-0.15, -0.1) is 0 Å². The first-order valence-electron chi connectivity index (χ1n) is 5.65. The zero-order valence-corrected chi connectivity index (χ0v) is 10.9. The van der Waals surface area contributed by atoms with Crippen molar-refractivity contribution in [2.75, 3.05) is 14.1 Å². The number of aliphatic carboxylic acids is 1. The van der Waals surface area contributed by atoms with Gasteiger partial charge in [0.2, 0.25) is 6.41 Å². The molecule has 108 valence electrons. The smallest absolute Gasteiger partial charge is 0.335 e. The van der Waals surface area contributed by atoms with Crippen LogP contribution in [0.25, 0.3) is 0 Å². The first kappa shape index (κ1) is 15.8. The summed E-state index contributed by atoms with van der Waals surface area (Å²) in [5, 5.41) is 11.9. The number of carboxylic acid groups (broad SMARTS) is 1. The number of carbonyl (C=O) groups is 2. The minimum Gasteiger partial charge on any atom is -0.478 e. The highest BCUT2D eigenvalue weighted by Crippen LogP contribution is 2.23. The Bertz CT molecular complexity index is 546. The lowest BCUT2D eigenvalue weighted by atomic mass is 9.99. The van der Waals surface area contributed by atoms with E-state index < -0.39 is 23.6 Å². The van der Waals surface area contributed by atoms with Crippen molar-refractivity contribution < 1.29 is 23.5 Å². The Hall–Kier alpha value is -2.28. The second kappa shape index (κ2) is 6.76. The molecule has 0 saturated carbocycles. The Morgan fingerprint density at radius 1 is 1.40 bits per heavy atom. The summed E-state index contributed by atoms with van der Waals surface area (Å²) < 4.78 is 26.1. The second-order valence-corrected chi connectivity index (χ2v) is 4.06. The van der Waals surface area contributed by atoms with Crippen LogP contribution >= 0.6 is 0 Å². The summed E-state index contributed by atoms with van der Waals surface area (Å²) in [6, 6.07) is 2.22. The van der Waals surface area contributed by atoms with Gasteiger partial charge in [-0.3, -0.25) is 4.79 Å². The van der Waals surface area contributed by atoms with Gasteiger partial charge in [-0.2, -0.15) is 0 Å². The van der Waals surface area contributed by atoms with E-state index in [0.717, 1.165) is 23.2 Å². The molecule has 0 aromatic heterocycles. The van der Waals surface area contributed by atoms with Gasteiger partial charge in [0.15, 0.2) is 11.6 Å². The zero-order valence-electron chi connectivity index (χ0n) is 10.9. The molecule has 1 atom stereocenters. The standard InChI is InChI=1S/C13H14F2N2O3/c1-16-12(8-3-4-10(14)11(15)5-8)9(13(19)20)6-17(2)7-18/h3-7,12,16H,1-2H3,(H,19,20)/b9-6+. The molecule has 5 nitrogen and oxygen atoms in total. The average Bonchev–Trinajstić information content (AvgIpc) is 2.41. The maximum absolute atomic E-state index is 13.2. The van der Waals surface area contributed by atoms with Crippen LogP contribution in [0.1, 0.15) is 11.6 Å². The quantitative estimate of drug-likeness (QED) is 0.610. The van der Waals surface area contributed by atoms with Gasteiger partial charge in [-0.05, 0) is 24.7 Å². The van der Waals surface area contributed by atoms with Crippen LogP contribution in [0.3, 0.4) is 0 Å². The van der Waals surface area contributed by atoms with E-state index in [1.54, 1.807) is 0 Å². The summed E-state index contributed by atoms with van der Waals surface area (Å²) in [7, 11) is 2.84. The SMILES string of the molecule is CNC(/C(=C\N(C)C=O)C(=O)O)c1ccc(F)c(F)c1. The fourth-order valence-electron chi connectivity index (χ4n) is 1.70. The minimum absolute atomic E-state index is 0.173. The Labute approximate surface area is 114 Å². The number of nitrogens with one attached hydrogen (secondary N) is 1. The fraction of sp³-hybridized carbons (Fsp3) is 0.231. The number of halogens is 2. The van der Waals surface area contributed by atoms with Crippen molar-refractivity contribution in [1.29, 1.82) is 0 Å². The molecular formula is C13H14F2N2O3. The van der Waals surface area contributed by atoms with E-state index in [9.17, 15) is 23.5 Å². The van der Waals surface area contributed by atoms with E-state index in [1.807, 2.05) is 0 Å². The highest BCUT2D eigenvalue weighted by molar-refractivity contribution is 5.88. The van der Waals surface area contributed by atoms with Gasteiger partial charge in [-0.1, -0.05) is 6.07 Å². The van der Waals surface area contributed by atoms with E-state index in [0.29, 0.717) is 6.41 Å². The molecule has 0 aliphatic heterocycles. The van der Waals surface area contributed by atoms with E-state index in [4.69, 9.17) is 0 Å². The lowest BCUT2D eigenvalue weighted by Crippen LogP contribution is -2.25. The summed E-state index contributed by atoms with van der Waals surface area (Å²) in [5.74, 6) is -3.37. The van der Waals surface area contributed by atoms with E-state index in [-0.39, 0.29) is 11.1 Å². The molecule has 0 heterocycles. The van der Waals surface area contributed by atoms with Crippen LogP contribution < -0.4 is 5.32 Å². The molecule has 1 rings (SSSR count). The number of amides is 1. The number of rotatable bonds is 6. The van der Waals surface area contributed by atoms with Crippen LogP contribution in [-0.2, 0) is 9.59 Å². The summed E-state index contributed by atoms with van der Waals surface area (Å²) in [4.78, 5) is 22.8. The molecule has 1 aromatic carbocycles. The largest absolute Gasteiger partial charge is 0.478 e. The Kier molecular flexibility index (Phi) is 5.33. The molecule has 0 fully saturated rings. The fourth-order valence-corrected chi connectivity index (χ4v) is 1.70. The van der Waals surface area contributed by atoms with E-state index in [1.165, 1.54) is 20.2 Å². The van der Waals surface area contributed by atoms with Gasteiger partial charge in [0, 0.05) is 13.2 Å². The predicted molar refractivity (Wildman–Crippen MR) is 67.7 cm³/mol. The number of hydrogen-bond donors (Lipinski definition) is 2. The lowest BCUT2D eigenvalue weighted by Gasteiger charge is -2.19. The van der Waals surface area contributed by atoms with Crippen LogP contribution in [0, 0.1) is 11.6 Å². The van der Waals surface area contributed by atoms with Gasteiger partial charge in [0.25, 0.3) is 0 Å². The predicted octanol–water partition coefficient (Wildman–Crippen LogP) is 1.28. The topological polar surface area (TPSA) is 69.6 Å². The summed E-state index contributed by atoms with van der Waals surface area (Å²) in [6.45, 7) is 0. The zero-order chi connectivity index (χ0) is 15.3. The summed E-state index contributed by atoms with van der Waals surface area (Å²) in [5.41, 5.74) is 0.0625. The molecule has 0 aliphatic carbocycles. The average molecular weight is 284 g/mol. The third kappa shape index (κ3) is 3.61. The van der Waals surface area contributed by atoms with Crippen molar-refractivity contribution in [2.45, 2.75) is 6.04 Å². The molecule has 0 saturated heterocycles. The monoisotopic (exact) mass is 284 g/mol. The molecule has 0 spiro atoms. The van der Waals surface area contributed by atoms with Crippen LogP contribution in [0.15, 0.2) is 30.0 Å². The minimum atomic E-state index is -1.28. The van der Waals surface area contributed by atoms with Crippen molar-refractivity contribution in [3.63, 3.8) is 0 Å². The Morgan fingerprint density at radius 3 is 2.50 bits per heavy atom. The normalized spacial score (nSPS) is 12.9. The Morgan fingerprint density at radius 2 is 2.05 bits per heavy atom. The van der Waals surface area contributed by atoms with E-state index in [2.05, 4.69) is 5.32 Å². The summed E-state index contributed by atoms with van der Waals surface area (Å²) >= 11 is 0. The van der Waals surface area contributed by atoms with Crippen LogP contribution in [0.4, 0.5) is 8.78 Å². The number of benzene rings is 1. The van der Waals surface area contributed by atoms with Crippen molar-refractivity contribution in [3.8, 4) is 0 Å². The maximum atomic E-state index is 13.2. The van der Waals surface area contributed by atoms with Gasteiger partial charge < -0.3 is 15.3 Å². The van der Waals surface area contributed by atoms with Crippen LogP contribution in [-0.4, -0.2) is 36.5 Å². The van der Waals surface area contributed by atoms with E-state index >= 15 is 0 Å². The number of carboxylic acids is 1. The van der Waals surface area contributed by atoms with Gasteiger partial charge in [-0.25, -0.2) is 13.6 Å². The van der Waals surface area contributed by atoms with Crippen LogP contribution in [0.2, 0.25) is 0 Å². The first-order valence-corrected chi connectivity index (χ1v) is 5.65. The third-order valence-corrected chi connectivity index (χ3v) is 2.63. The molecule has 1 aromatic rings. The van der Waals surface area contributed by atoms with Crippen molar-refractivity contribution >= 4 is 12.4 Å².